The van der Waals surface area contributed by atoms with E-state index in [0.717, 1.165) is 60.1 Å². The number of fused-ring (bicyclic) bond motifs is 1. The van der Waals surface area contributed by atoms with Crippen molar-refractivity contribution in [2.45, 2.75) is 49.3 Å². The van der Waals surface area contributed by atoms with Gasteiger partial charge in [-0.05, 0) is 91.5 Å². The number of nitriles is 1. The Labute approximate surface area is 290 Å². The zero-order chi connectivity index (χ0) is 33.7. The van der Waals surface area contributed by atoms with E-state index in [4.69, 9.17) is 27.9 Å². The van der Waals surface area contributed by atoms with E-state index in [0.29, 0.717) is 51.4 Å². The molecule has 5 rings (SSSR count). The summed E-state index contributed by atoms with van der Waals surface area (Å²) in [5.41, 5.74) is 3.89. The lowest BCUT2D eigenvalue weighted by Crippen LogP contribution is -2.36. The van der Waals surface area contributed by atoms with E-state index in [-0.39, 0.29) is 11.8 Å². The van der Waals surface area contributed by atoms with Gasteiger partial charge in [0.25, 0.3) is 5.91 Å². The first kappa shape index (κ1) is 34.9. The number of hydrogen-bond donors (Lipinski definition) is 0. The molecule has 0 aliphatic carbocycles. The normalized spacial score (nSPS) is 15.3. The molecule has 0 N–H and O–H groups in total. The number of benzene rings is 4. The lowest BCUT2D eigenvalue weighted by molar-refractivity contribution is 0.0782. The van der Waals surface area contributed by atoms with Gasteiger partial charge in [0.2, 0.25) is 0 Å². The lowest BCUT2D eigenvalue weighted by atomic mass is 9.88. The van der Waals surface area contributed by atoms with Gasteiger partial charge in [-0.2, -0.15) is 5.26 Å². The van der Waals surface area contributed by atoms with Gasteiger partial charge in [0, 0.05) is 36.0 Å². The zero-order valence-electron chi connectivity index (χ0n) is 27.4. The predicted octanol–water partition coefficient (Wildman–Crippen LogP) is 8.45. The minimum atomic E-state index is -1.01. The van der Waals surface area contributed by atoms with Crippen LogP contribution in [0.25, 0.3) is 10.8 Å². The number of piperidine rings is 1. The van der Waals surface area contributed by atoms with Crippen LogP contribution in [0, 0.1) is 11.3 Å². The fourth-order valence-electron chi connectivity index (χ4n) is 7.01. The van der Waals surface area contributed by atoms with Crippen molar-refractivity contribution in [1.82, 2.24) is 9.80 Å². The number of hydrogen-bond acceptors (Lipinski definition) is 5. The lowest BCUT2D eigenvalue weighted by Gasteiger charge is -2.34. The van der Waals surface area contributed by atoms with Crippen LogP contribution >= 0.6 is 23.2 Å². The number of amides is 1. The highest BCUT2D eigenvalue weighted by Crippen LogP contribution is 2.38. The van der Waals surface area contributed by atoms with Crippen LogP contribution in [0.3, 0.4) is 0 Å². The SMILES string of the molecule is CCc1c(C#N)c(OC)c2ccccc2c1C(=O)N(C)C[C@@H](CCN1CCC(c2ccccc2S(C)=O)CC1)c1ccc(Cl)c(Cl)c1. The Morgan fingerprint density at radius 2 is 1.74 bits per heavy atom. The topological polar surface area (TPSA) is 73.6 Å². The van der Waals surface area contributed by atoms with Crippen LogP contribution in [0.2, 0.25) is 10.0 Å². The summed E-state index contributed by atoms with van der Waals surface area (Å²) >= 11 is 12.8. The Hall–Kier alpha value is -3.41. The molecule has 246 valence electrons. The second kappa shape index (κ2) is 15.7. The fraction of sp³-hybridized carbons (Fsp3) is 0.368. The summed E-state index contributed by atoms with van der Waals surface area (Å²) in [6, 6.07) is 23.8. The molecule has 1 heterocycles. The molecule has 6 nitrogen and oxygen atoms in total. The number of rotatable bonds is 11. The monoisotopic (exact) mass is 689 g/mol. The van der Waals surface area contributed by atoms with Gasteiger partial charge in [-0.3, -0.25) is 9.00 Å². The summed E-state index contributed by atoms with van der Waals surface area (Å²) in [5, 5.41) is 12.6. The molecule has 1 amide bonds. The molecule has 0 spiro atoms. The number of methoxy groups -OCH3 is 1. The van der Waals surface area contributed by atoms with Crippen LogP contribution in [-0.2, 0) is 17.2 Å². The summed E-state index contributed by atoms with van der Waals surface area (Å²) in [7, 11) is 2.38. The highest BCUT2D eigenvalue weighted by Gasteiger charge is 2.28. The van der Waals surface area contributed by atoms with Crippen LogP contribution in [-0.4, -0.2) is 66.5 Å². The van der Waals surface area contributed by atoms with Crippen LogP contribution in [0.1, 0.15) is 70.6 Å². The van der Waals surface area contributed by atoms with Gasteiger partial charge < -0.3 is 14.5 Å². The van der Waals surface area contributed by atoms with Crippen LogP contribution in [0.15, 0.2) is 71.6 Å². The average Bonchev–Trinajstić information content (AvgIpc) is 3.09. The molecule has 4 aromatic rings. The van der Waals surface area contributed by atoms with Crippen molar-refractivity contribution in [3.8, 4) is 11.8 Å². The molecule has 1 aliphatic rings. The second-order valence-corrected chi connectivity index (χ2v) is 14.4. The Morgan fingerprint density at radius 1 is 1.06 bits per heavy atom. The van der Waals surface area contributed by atoms with Gasteiger partial charge in [0.05, 0.1) is 39.1 Å². The van der Waals surface area contributed by atoms with E-state index >= 15 is 0 Å². The van der Waals surface area contributed by atoms with Crippen molar-refractivity contribution in [2.75, 3.05) is 46.6 Å². The standard InChI is InChI=1S/C38H41Cl2N3O3S/c1-5-28-32(23-41)37(46-3)31-12-7-6-11-30(31)36(28)38(44)42(2)24-27(26-14-15-33(39)34(40)22-26)18-21-43-19-16-25(17-20-43)29-10-8-9-13-35(29)47(4)45/h6-15,22,25,27H,5,16-21,24H2,1-4H3/t27-,47?/m1/s1. The summed E-state index contributed by atoms with van der Waals surface area (Å²) in [6.45, 7) is 5.20. The molecule has 1 fully saturated rings. The van der Waals surface area contributed by atoms with E-state index in [1.165, 1.54) is 5.56 Å². The molecule has 0 saturated carbocycles. The molecular formula is C38H41Cl2N3O3S. The third kappa shape index (κ3) is 7.52. The summed E-state index contributed by atoms with van der Waals surface area (Å²) in [5.74, 6) is 0.772. The summed E-state index contributed by atoms with van der Waals surface area (Å²) < 4.78 is 18.0. The minimum Gasteiger partial charge on any atom is -0.495 e. The van der Waals surface area contributed by atoms with Gasteiger partial charge in [0.1, 0.15) is 11.8 Å². The van der Waals surface area contributed by atoms with E-state index in [1.54, 1.807) is 18.3 Å². The molecule has 0 aromatic heterocycles. The Balaban J connectivity index is 1.37. The van der Waals surface area contributed by atoms with Crippen molar-refractivity contribution in [1.29, 1.82) is 5.26 Å². The van der Waals surface area contributed by atoms with Crippen molar-refractivity contribution in [3.63, 3.8) is 0 Å². The maximum atomic E-state index is 14.3. The molecule has 1 saturated heterocycles. The van der Waals surface area contributed by atoms with Crippen molar-refractivity contribution >= 4 is 50.7 Å². The smallest absolute Gasteiger partial charge is 0.254 e. The first-order valence-electron chi connectivity index (χ1n) is 16.0. The van der Waals surface area contributed by atoms with E-state index in [9.17, 15) is 14.3 Å². The number of nitrogens with zero attached hydrogens (tertiary/aromatic N) is 3. The van der Waals surface area contributed by atoms with Gasteiger partial charge in [-0.1, -0.05) is 78.7 Å². The Kier molecular flexibility index (Phi) is 11.6. The molecular weight excluding hydrogens is 649 g/mol. The number of likely N-dealkylation sites (N-methyl/N-ethyl adjacent to an activating group) is 1. The Morgan fingerprint density at radius 3 is 2.38 bits per heavy atom. The molecule has 1 unspecified atom stereocenters. The predicted molar refractivity (Wildman–Crippen MR) is 193 cm³/mol. The summed E-state index contributed by atoms with van der Waals surface area (Å²) in [4.78, 5) is 19.5. The molecule has 1 aliphatic heterocycles. The molecule has 0 bridgehead atoms. The van der Waals surface area contributed by atoms with E-state index in [1.807, 2.05) is 74.6 Å². The molecule has 9 heteroatoms. The van der Waals surface area contributed by atoms with Crippen LogP contribution in [0.4, 0.5) is 0 Å². The zero-order valence-corrected chi connectivity index (χ0v) is 29.7. The van der Waals surface area contributed by atoms with E-state index < -0.39 is 10.8 Å². The van der Waals surface area contributed by atoms with Crippen LogP contribution in [0.5, 0.6) is 5.75 Å². The van der Waals surface area contributed by atoms with Gasteiger partial charge in [-0.15, -0.1) is 0 Å². The third-order valence-electron chi connectivity index (χ3n) is 9.46. The summed E-state index contributed by atoms with van der Waals surface area (Å²) in [6.07, 6.45) is 5.11. The maximum absolute atomic E-state index is 14.3. The minimum absolute atomic E-state index is 0.00436. The number of likely N-dealkylation sites (tertiary alicyclic amines) is 1. The molecule has 0 radical (unpaired) electrons. The molecule has 47 heavy (non-hydrogen) atoms. The highest BCUT2D eigenvalue weighted by atomic mass is 35.5. The highest BCUT2D eigenvalue weighted by molar-refractivity contribution is 7.84. The third-order valence-corrected chi connectivity index (χ3v) is 11.2. The first-order valence-corrected chi connectivity index (χ1v) is 18.4. The quantitative estimate of drug-likeness (QED) is 0.158. The van der Waals surface area contributed by atoms with Gasteiger partial charge in [-0.25, -0.2) is 0 Å². The van der Waals surface area contributed by atoms with Gasteiger partial charge >= 0.3 is 0 Å². The molecule has 4 aromatic carbocycles. The number of carbonyl (C=O) groups excluding carboxylic acids is 1. The second-order valence-electron chi connectivity index (χ2n) is 12.2. The maximum Gasteiger partial charge on any atom is 0.254 e. The van der Waals surface area contributed by atoms with Crippen molar-refractivity contribution in [2.24, 2.45) is 0 Å². The largest absolute Gasteiger partial charge is 0.495 e. The van der Waals surface area contributed by atoms with Gasteiger partial charge in [0.15, 0.2) is 0 Å². The Bertz CT molecular complexity index is 1830. The molecule has 2 atom stereocenters. The number of carbonyl (C=O) groups is 1. The van der Waals surface area contributed by atoms with Crippen molar-refractivity contribution in [3.05, 3.63) is 105 Å². The van der Waals surface area contributed by atoms with Crippen LogP contribution < -0.4 is 4.74 Å². The fourth-order valence-corrected chi connectivity index (χ4v) is 8.15. The first-order chi connectivity index (χ1) is 22.7. The number of halogens is 2. The van der Waals surface area contributed by atoms with Crippen molar-refractivity contribution < 1.29 is 13.7 Å². The average molecular weight is 691 g/mol. The number of ether oxygens (including phenoxy) is 1. The van der Waals surface area contributed by atoms with E-state index in [2.05, 4.69) is 17.0 Å².